The van der Waals surface area contributed by atoms with Crippen LogP contribution in [0.4, 0.5) is 5.82 Å². The molecule has 2 unspecified atom stereocenters. The summed E-state index contributed by atoms with van der Waals surface area (Å²) in [5, 5.41) is 4.61. The van der Waals surface area contributed by atoms with Crippen LogP contribution in [-0.2, 0) is 6.54 Å². The molecule has 2 heterocycles. The molecule has 0 radical (unpaired) electrons. The van der Waals surface area contributed by atoms with Crippen LogP contribution >= 0.6 is 11.8 Å². The second-order valence-electron chi connectivity index (χ2n) is 4.81. The third-order valence-electron chi connectivity index (χ3n) is 2.97. The Morgan fingerprint density at radius 1 is 1.33 bits per heavy atom. The summed E-state index contributed by atoms with van der Waals surface area (Å²) in [6.45, 7) is 10.5. The molecule has 2 rings (SSSR count). The summed E-state index contributed by atoms with van der Waals surface area (Å²) in [4.78, 5) is 11.4. The molecular weight excluding hydrogens is 244 g/mol. The van der Waals surface area contributed by atoms with Gasteiger partial charge in [0.2, 0.25) is 0 Å². The van der Waals surface area contributed by atoms with Crippen LogP contribution in [-0.4, -0.2) is 40.1 Å². The van der Waals surface area contributed by atoms with Gasteiger partial charge in [-0.2, -0.15) is 11.8 Å². The summed E-state index contributed by atoms with van der Waals surface area (Å²) in [7, 11) is 0. The van der Waals surface area contributed by atoms with Gasteiger partial charge in [0.25, 0.3) is 0 Å². The summed E-state index contributed by atoms with van der Waals surface area (Å²) in [5.41, 5.74) is 1.02. The molecule has 2 atom stereocenters. The maximum Gasteiger partial charge on any atom is 0.147 e. The lowest BCUT2D eigenvalue weighted by Crippen LogP contribution is -2.41. The quantitative estimate of drug-likeness (QED) is 0.901. The number of nitrogens with zero attached hydrogens (tertiary/aromatic N) is 3. The monoisotopic (exact) mass is 266 g/mol. The molecule has 1 N–H and O–H groups in total. The Bertz CT molecular complexity index is 375. The van der Waals surface area contributed by atoms with Crippen LogP contribution in [0.5, 0.6) is 0 Å². The first kappa shape index (κ1) is 13.6. The number of rotatable bonds is 4. The van der Waals surface area contributed by atoms with Crippen LogP contribution in [0.2, 0.25) is 0 Å². The first-order chi connectivity index (χ1) is 8.69. The molecule has 1 aromatic heterocycles. The van der Waals surface area contributed by atoms with Crippen LogP contribution in [0.15, 0.2) is 12.4 Å². The standard InChI is InChI=1S/C13H22N4S/c1-4-14-5-12-6-15-7-13(16-12)17-8-10(2)18-11(3)9-17/h6-7,10-11,14H,4-5,8-9H2,1-3H3. The van der Waals surface area contributed by atoms with E-state index in [1.54, 1.807) is 0 Å². The fourth-order valence-electron chi connectivity index (χ4n) is 2.25. The van der Waals surface area contributed by atoms with E-state index in [4.69, 9.17) is 4.98 Å². The van der Waals surface area contributed by atoms with Gasteiger partial charge in [0.05, 0.1) is 11.9 Å². The predicted octanol–water partition coefficient (Wildman–Crippen LogP) is 1.92. The first-order valence-corrected chi connectivity index (χ1v) is 7.55. The Labute approximate surface area is 114 Å². The van der Waals surface area contributed by atoms with E-state index in [9.17, 15) is 0 Å². The highest BCUT2D eigenvalue weighted by Crippen LogP contribution is 2.27. The summed E-state index contributed by atoms with van der Waals surface area (Å²) in [6.07, 6.45) is 3.72. The van der Waals surface area contributed by atoms with E-state index in [0.29, 0.717) is 10.5 Å². The highest BCUT2D eigenvalue weighted by Gasteiger charge is 2.23. The van der Waals surface area contributed by atoms with Crippen LogP contribution < -0.4 is 10.2 Å². The molecule has 1 aliphatic heterocycles. The average Bonchev–Trinajstić information content (AvgIpc) is 2.35. The molecule has 18 heavy (non-hydrogen) atoms. The van der Waals surface area contributed by atoms with Gasteiger partial charge in [0, 0.05) is 36.3 Å². The van der Waals surface area contributed by atoms with E-state index < -0.39 is 0 Å². The lowest BCUT2D eigenvalue weighted by Gasteiger charge is -2.35. The number of anilines is 1. The lowest BCUT2D eigenvalue weighted by atomic mass is 10.3. The van der Waals surface area contributed by atoms with Crippen molar-refractivity contribution in [2.24, 2.45) is 0 Å². The summed E-state index contributed by atoms with van der Waals surface area (Å²) in [5.74, 6) is 1.02. The van der Waals surface area contributed by atoms with Crippen molar-refractivity contribution >= 4 is 17.6 Å². The number of hydrogen-bond donors (Lipinski definition) is 1. The number of nitrogens with one attached hydrogen (secondary N) is 1. The zero-order valence-electron chi connectivity index (χ0n) is 11.4. The third kappa shape index (κ3) is 3.59. The van der Waals surface area contributed by atoms with Gasteiger partial charge in [-0.25, -0.2) is 4.98 Å². The van der Waals surface area contributed by atoms with Gasteiger partial charge in [0.15, 0.2) is 0 Å². The number of aromatic nitrogens is 2. The van der Waals surface area contributed by atoms with Crippen LogP contribution in [0.1, 0.15) is 26.5 Å². The van der Waals surface area contributed by atoms with Crippen molar-refractivity contribution in [1.29, 1.82) is 0 Å². The van der Waals surface area contributed by atoms with Gasteiger partial charge < -0.3 is 10.2 Å². The van der Waals surface area contributed by atoms with E-state index >= 15 is 0 Å². The highest BCUT2D eigenvalue weighted by molar-refractivity contribution is 8.00. The summed E-state index contributed by atoms with van der Waals surface area (Å²) in [6, 6.07) is 0. The zero-order valence-corrected chi connectivity index (χ0v) is 12.2. The molecule has 0 amide bonds. The van der Waals surface area contributed by atoms with E-state index in [2.05, 4.69) is 47.7 Å². The summed E-state index contributed by atoms with van der Waals surface area (Å²) >= 11 is 2.06. The lowest BCUT2D eigenvalue weighted by molar-refractivity contribution is 0.688. The molecule has 5 heteroatoms. The Kier molecular flexibility index (Phi) is 4.83. The molecule has 100 valence electrons. The fraction of sp³-hybridized carbons (Fsp3) is 0.692. The average molecular weight is 266 g/mol. The Balaban J connectivity index is 2.07. The predicted molar refractivity (Wildman–Crippen MR) is 78.1 cm³/mol. The van der Waals surface area contributed by atoms with Crippen molar-refractivity contribution in [3.8, 4) is 0 Å². The highest BCUT2D eigenvalue weighted by atomic mass is 32.2. The minimum atomic E-state index is 0.660. The van der Waals surface area contributed by atoms with Gasteiger partial charge in [-0.05, 0) is 6.54 Å². The molecule has 0 bridgehead atoms. The molecule has 0 aromatic carbocycles. The van der Waals surface area contributed by atoms with E-state index in [1.807, 2.05) is 12.4 Å². The molecule has 1 aliphatic rings. The largest absolute Gasteiger partial charge is 0.353 e. The SMILES string of the molecule is CCNCc1cncc(N2CC(C)SC(C)C2)n1. The van der Waals surface area contributed by atoms with E-state index in [1.165, 1.54) is 0 Å². The van der Waals surface area contributed by atoms with Crippen molar-refractivity contribution in [3.63, 3.8) is 0 Å². The van der Waals surface area contributed by atoms with Crippen LogP contribution in [0.3, 0.4) is 0 Å². The third-order valence-corrected chi connectivity index (χ3v) is 4.20. The maximum absolute atomic E-state index is 4.69. The Morgan fingerprint density at radius 3 is 2.72 bits per heavy atom. The second-order valence-corrected chi connectivity index (χ2v) is 6.69. The van der Waals surface area contributed by atoms with Crippen molar-refractivity contribution in [2.75, 3.05) is 24.5 Å². The van der Waals surface area contributed by atoms with Crippen molar-refractivity contribution in [3.05, 3.63) is 18.1 Å². The summed E-state index contributed by atoms with van der Waals surface area (Å²) < 4.78 is 0. The van der Waals surface area contributed by atoms with E-state index in [0.717, 1.165) is 37.7 Å². The number of hydrogen-bond acceptors (Lipinski definition) is 5. The van der Waals surface area contributed by atoms with Gasteiger partial charge in [-0.1, -0.05) is 20.8 Å². The van der Waals surface area contributed by atoms with Gasteiger partial charge >= 0.3 is 0 Å². The Morgan fingerprint density at radius 2 is 2.06 bits per heavy atom. The number of thioether (sulfide) groups is 1. The van der Waals surface area contributed by atoms with Gasteiger partial charge in [-0.3, -0.25) is 4.98 Å². The molecule has 1 saturated heterocycles. The normalized spacial score (nSPS) is 24.3. The molecule has 1 aromatic rings. The van der Waals surface area contributed by atoms with Gasteiger partial charge in [0.1, 0.15) is 5.82 Å². The zero-order chi connectivity index (χ0) is 13.0. The topological polar surface area (TPSA) is 41.1 Å². The second kappa shape index (κ2) is 6.38. The molecule has 0 aliphatic carbocycles. The van der Waals surface area contributed by atoms with Crippen LogP contribution in [0.25, 0.3) is 0 Å². The van der Waals surface area contributed by atoms with Gasteiger partial charge in [-0.15, -0.1) is 0 Å². The maximum atomic E-state index is 4.69. The molecule has 4 nitrogen and oxygen atoms in total. The van der Waals surface area contributed by atoms with Crippen molar-refractivity contribution in [1.82, 2.24) is 15.3 Å². The Hall–Kier alpha value is -0.810. The molecule has 0 saturated carbocycles. The molecule has 1 fully saturated rings. The van der Waals surface area contributed by atoms with Crippen molar-refractivity contribution < 1.29 is 0 Å². The fourth-order valence-corrected chi connectivity index (χ4v) is 3.58. The smallest absolute Gasteiger partial charge is 0.147 e. The van der Waals surface area contributed by atoms with Crippen molar-refractivity contribution in [2.45, 2.75) is 37.8 Å². The minimum Gasteiger partial charge on any atom is -0.353 e. The minimum absolute atomic E-state index is 0.660. The first-order valence-electron chi connectivity index (χ1n) is 6.61. The van der Waals surface area contributed by atoms with E-state index in [-0.39, 0.29) is 0 Å². The molecule has 0 spiro atoms. The van der Waals surface area contributed by atoms with Crippen LogP contribution in [0, 0.1) is 0 Å². The molecular formula is C13H22N4S.